The molecule has 1 aromatic heterocycles. The Hall–Kier alpha value is -2.25. The molecule has 23 heavy (non-hydrogen) atoms. The van der Waals surface area contributed by atoms with E-state index in [1.807, 2.05) is 7.05 Å². The first kappa shape index (κ1) is 15.6. The van der Waals surface area contributed by atoms with Crippen LogP contribution in [-0.4, -0.2) is 59.5 Å². The van der Waals surface area contributed by atoms with Gasteiger partial charge < -0.3 is 14.6 Å². The lowest BCUT2D eigenvalue weighted by atomic mass is 10.1. The highest BCUT2D eigenvalue weighted by molar-refractivity contribution is 6.31. The summed E-state index contributed by atoms with van der Waals surface area (Å²) in [6, 6.07) is 4.78. The molecular formula is C15H16ClN3O4. The zero-order valence-corrected chi connectivity index (χ0v) is 13.4. The predicted octanol–water partition coefficient (Wildman–Crippen LogP) is 2.13. The average molecular weight is 338 g/mol. The number of hydrogen-bond donors (Lipinski definition) is 2. The Balaban J connectivity index is 2.02. The minimum atomic E-state index is -1.08. The van der Waals surface area contributed by atoms with Crippen molar-refractivity contribution in [1.82, 2.24) is 15.1 Å². The van der Waals surface area contributed by atoms with Crippen LogP contribution in [0, 0.1) is 0 Å². The van der Waals surface area contributed by atoms with Crippen LogP contribution >= 0.6 is 11.6 Å². The van der Waals surface area contributed by atoms with Crippen LogP contribution in [0.2, 0.25) is 5.02 Å². The van der Waals surface area contributed by atoms with E-state index in [9.17, 15) is 4.79 Å². The minimum Gasteiger partial charge on any atom is -0.493 e. The maximum absolute atomic E-state index is 11.0. The van der Waals surface area contributed by atoms with Crippen molar-refractivity contribution < 1.29 is 19.4 Å². The lowest BCUT2D eigenvalue weighted by Crippen LogP contribution is -2.51. The monoisotopic (exact) mass is 337 g/mol. The molecule has 2 N–H and O–H groups in total. The molecule has 0 unspecified atom stereocenters. The molecule has 7 nitrogen and oxygen atoms in total. The van der Waals surface area contributed by atoms with Crippen LogP contribution in [0.4, 0.5) is 0 Å². The number of likely N-dealkylation sites (tertiary alicyclic amines) is 1. The molecule has 0 spiro atoms. The first-order valence-corrected chi connectivity index (χ1v) is 7.37. The van der Waals surface area contributed by atoms with Gasteiger partial charge in [-0.2, -0.15) is 5.10 Å². The van der Waals surface area contributed by atoms with Crippen LogP contribution in [0.5, 0.6) is 11.5 Å². The molecule has 122 valence electrons. The Bertz CT molecular complexity index is 740. The molecule has 0 radical (unpaired) electrons. The van der Waals surface area contributed by atoms with Gasteiger partial charge in [-0.1, -0.05) is 11.6 Å². The number of carboxylic acids is 1. The second kappa shape index (κ2) is 6.10. The van der Waals surface area contributed by atoms with Crippen LogP contribution in [0.1, 0.15) is 10.5 Å². The van der Waals surface area contributed by atoms with Gasteiger partial charge in [0, 0.05) is 29.7 Å². The van der Waals surface area contributed by atoms with Crippen molar-refractivity contribution in [3.05, 3.63) is 28.9 Å². The van der Waals surface area contributed by atoms with Crippen molar-refractivity contribution in [1.29, 1.82) is 0 Å². The summed E-state index contributed by atoms with van der Waals surface area (Å²) in [5.41, 5.74) is 1.02. The molecule has 1 saturated heterocycles. The van der Waals surface area contributed by atoms with Gasteiger partial charge >= 0.3 is 5.97 Å². The molecule has 2 heterocycles. The number of halogens is 1. The van der Waals surface area contributed by atoms with Crippen molar-refractivity contribution in [2.24, 2.45) is 0 Å². The summed E-state index contributed by atoms with van der Waals surface area (Å²) in [5, 5.41) is 16.0. The number of carboxylic acid groups (broad SMARTS) is 1. The second-order valence-corrected chi connectivity index (χ2v) is 5.85. The number of carbonyl (C=O) groups is 1. The molecule has 0 amide bonds. The largest absolute Gasteiger partial charge is 0.493 e. The van der Waals surface area contributed by atoms with E-state index in [0.717, 1.165) is 13.1 Å². The number of hydrogen-bond acceptors (Lipinski definition) is 5. The van der Waals surface area contributed by atoms with Gasteiger partial charge in [0.25, 0.3) is 0 Å². The van der Waals surface area contributed by atoms with E-state index in [4.69, 9.17) is 26.2 Å². The Morgan fingerprint density at radius 3 is 2.74 bits per heavy atom. The molecule has 1 aromatic carbocycles. The number of methoxy groups -OCH3 is 1. The average Bonchev–Trinajstić information content (AvgIpc) is 2.96. The van der Waals surface area contributed by atoms with Gasteiger partial charge in [0.15, 0.2) is 11.5 Å². The normalized spacial score (nSPS) is 15.3. The summed E-state index contributed by atoms with van der Waals surface area (Å²) in [6.45, 7) is 1.62. The van der Waals surface area contributed by atoms with Crippen LogP contribution in [0.15, 0.2) is 18.2 Å². The van der Waals surface area contributed by atoms with E-state index < -0.39 is 5.97 Å². The summed E-state index contributed by atoms with van der Waals surface area (Å²) in [7, 11) is 3.54. The molecule has 0 saturated carbocycles. The standard InChI is InChI=1S/C15H16ClN3O4/c1-19-6-9(7-19)23-14-10(3-8(16)4-13(14)22-2)11-5-12(15(20)21)18-17-11/h3-5,9H,6-7H2,1-2H3,(H,17,18)(H,20,21). The van der Waals surface area contributed by atoms with Gasteiger partial charge in [0.1, 0.15) is 11.8 Å². The summed E-state index contributed by atoms with van der Waals surface area (Å²) >= 11 is 6.13. The molecule has 1 aliphatic heterocycles. The SMILES string of the molecule is COc1cc(Cl)cc(-c2cc(C(=O)O)[nH]n2)c1OC1CN(C)C1. The smallest absolute Gasteiger partial charge is 0.353 e. The summed E-state index contributed by atoms with van der Waals surface area (Å²) in [6.07, 6.45) is 0.0479. The fourth-order valence-electron chi connectivity index (χ4n) is 2.48. The van der Waals surface area contributed by atoms with Crippen molar-refractivity contribution in [3.63, 3.8) is 0 Å². The third-order valence-corrected chi connectivity index (χ3v) is 3.86. The van der Waals surface area contributed by atoms with E-state index in [0.29, 0.717) is 27.8 Å². The summed E-state index contributed by atoms with van der Waals surface area (Å²) < 4.78 is 11.4. The Morgan fingerprint density at radius 2 is 2.17 bits per heavy atom. The van der Waals surface area contributed by atoms with Crippen LogP contribution in [-0.2, 0) is 0 Å². The number of H-pyrrole nitrogens is 1. The third-order valence-electron chi connectivity index (χ3n) is 3.64. The lowest BCUT2D eigenvalue weighted by molar-refractivity contribution is 0.0374. The number of rotatable bonds is 5. The van der Waals surface area contributed by atoms with E-state index in [1.165, 1.54) is 13.2 Å². The van der Waals surface area contributed by atoms with Crippen LogP contribution < -0.4 is 9.47 Å². The van der Waals surface area contributed by atoms with Crippen molar-refractivity contribution in [3.8, 4) is 22.8 Å². The van der Waals surface area contributed by atoms with Gasteiger partial charge in [-0.05, 0) is 19.2 Å². The third kappa shape index (κ3) is 3.11. The first-order valence-electron chi connectivity index (χ1n) is 6.99. The van der Waals surface area contributed by atoms with Crippen LogP contribution in [0.25, 0.3) is 11.3 Å². The first-order chi connectivity index (χ1) is 11.0. The number of nitrogens with zero attached hydrogens (tertiary/aromatic N) is 2. The lowest BCUT2D eigenvalue weighted by Gasteiger charge is -2.36. The number of aromatic carboxylic acids is 1. The van der Waals surface area contributed by atoms with E-state index in [-0.39, 0.29) is 11.8 Å². The maximum atomic E-state index is 11.0. The highest BCUT2D eigenvalue weighted by Crippen LogP contribution is 2.41. The van der Waals surface area contributed by atoms with Gasteiger partial charge in [-0.15, -0.1) is 0 Å². The Morgan fingerprint density at radius 1 is 1.43 bits per heavy atom. The van der Waals surface area contributed by atoms with Crippen molar-refractivity contribution >= 4 is 17.6 Å². The minimum absolute atomic E-state index is 0.00623. The quantitative estimate of drug-likeness (QED) is 0.869. The zero-order chi connectivity index (χ0) is 16.6. The number of ether oxygens (including phenoxy) is 2. The highest BCUT2D eigenvalue weighted by Gasteiger charge is 2.28. The Kier molecular flexibility index (Phi) is 4.14. The van der Waals surface area contributed by atoms with Gasteiger partial charge in [-0.25, -0.2) is 4.79 Å². The fourth-order valence-corrected chi connectivity index (χ4v) is 2.69. The molecule has 3 rings (SSSR count). The fraction of sp³-hybridized carbons (Fsp3) is 0.333. The number of aromatic nitrogens is 2. The van der Waals surface area contributed by atoms with Crippen LogP contribution in [0.3, 0.4) is 0 Å². The number of benzene rings is 1. The predicted molar refractivity (Wildman–Crippen MR) is 84.5 cm³/mol. The van der Waals surface area contributed by atoms with E-state index in [1.54, 1.807) is 12.1 Å². The maximum Gasteiger partial charge on any atom is 0.353 e. The molecule has 8 heteroatoms. The molecule has 2 aromatic rings. The molecule has 1 fully saturated rings. The Labute approximate surface area is 137 Å². The summed E-state index contributed by atoms with van der Waals surface area (Å²) in [5.74, 6) is -0.0822. The van der Waals surface area contributed by atoms with Crippen molar-refractivity contribution in [2.75, 3.05) is 27.2 Å². The van der Waals surface area contributed by atoms with E-state index >= 15 is 0 Å². The topological polar surface area (TPSA) is 87.7 Å². The highest BCUT2D eigenvalue weighted by atomic mass is 35.5. The van der Waals surface area contributed by atoms with E-state index in [2.05, 4.69) is 15.1 Å². The molecule has 0 atom stereocenters. The molecular weight excluding hydrogens is 322 g/mol. The molecule has 0 bridgehead atoms. The summed E-state index contributed by atoms with van der Waals surface area (Å²) in [4.78, 5) is 13.2. The van der Waals surface area contributed by atoms with Gasteiger partial charge in [0.2, 0.25) is 0 Å². The molecule has 1 aliphatic rings. The molecule has 0 aliphatic carbocycles. The number of likely N-dealkylation sites (N-methyl/N-ethyl adjacent to an activating group) is 1. The number of aromatic amines is 1. The second-order valence-electron chi connectivity index (χ2n) is 5.42. The van der Waals surface area contributed by atoms with Gasteiger partial charge in [0.05, 0.1) is 12.8 Å². The number of nitrogens with one attached hydrogen (secondary N) is 1. The zero-order valence-electron chi connectivity index (χ0n) is 12.7. The van der Waals surface area contributed by atoms with Gasteiger partial charge in [-0.3, -0.25) is 10.00 Å². The van der Waals surface area contributed by atoms with Crippen molar-refractivity contribution in [2.45, 2.75) is 6.10 Å².